The number of tetrazole rings is 1. The van der Waals surface area contributed by atoms with Crippen LogP contribution >= 0.6 is 0 Å². The predicted octanol–water partition coefficient (Wildman–Crippen LogP) is 2.10. The number of hydrogen-bond donors (Lipinski definition) is 3. The van der Waals surface area contributed by atoms with E-state index in [1.54, 1.807) is 7.05 Å². The Morgan fingerprint density at radius 3 is 2.78 bits per heavy atom. The number of anilines is 1. The van der Waals surface area contributed by atoms with Crippen molar-refractivity contribution < 1.29 is 5.11 Å². The van der Waals surface area contributed by atoms with Crippen molar-refractivity contribution in [3.05, 3.63) is 18.5 Å². The van der Waals surface area contributed by atoms with E-state index >= 15 is 0 Å². The van der Waals surface area contributed by atoms with Crippen LogP contribution in [0.5, 0.6) is 0 Å². The summed E-state index contributed by atoms with van der Waals surface area (Å²) in [6, 6.07) is 2.42. The Hall–Kier alpha value is -2.48. The lowest BCUT2D eigenvalue weighted by atomic mass is 9.52. The second-order valence-corrected chi connectivity index (χ2v) is 8.75. The van der Waals surface area contributed by atoms with Gasteiger partial charge in [0.15, 0.2) is 0 Å². The van der Waals surface area contributed by atoms with Gasteiger partial charge in [0, 0.05) is 23.8 Å². The molecule has 7 rings (SSSR count). The number of nitrogens with one attached hydrogen (secondary N) is 2. The van der Waals surface area contributed by atoms with Crippen LogP contribution in [0.4, 0.5) is 5.69 Å². The monoisotopic (exact) mass is 365 g/mol. The second-order valence-electron chi connectivity index (χ2n) is 8.75. The largest absolute Gasteiger partial charge is 0.390 e. The molecule has 4 saturated carbocycles. The first-order chi connectivity index (χ1) is 13.1. The number of rotatable bonds is 3. The van der Waals surface area contributed by atoms with Crippen LogP contribution in [0.15, 0.2) is 18.5 Å². The van der Waals surface area contributed by atoms with Crippen molar-refractivity contribution in [1.29, 1.82) is 0 Å². The van der Waals surface area contributed by atoms with Crippen LogP contribution in [0.25, 0.3) is 22.4 Å². The molecule has 4 fully saturated rings. The summed E-state index contributed by atoms with van der Waals surface area (Å²) in [4.78, 5) is 9.20. The van der Waals surface area contributed by atoms with Gasteiger partial charge in [0.2, 0.25) is 5.82 Å². The van der Waals surface area contributed by atoms with Crippen LogP contribution in [0, 0.1) is 17.8 Å². The van der Waals surface area contributed by atoms with Gasteiger partial charge in [-0.05, 0) is 61.1 Å². The van der Waals surface area contributed by atoms with Gasteiger partial charge in [0.1, 0.15) is 5.65 Å². The SMILES string of the molecule is Cn1nnc(-c2cnc3[nH]ccc3c2N[C@H]2[C@@H]3CC4C[C@H]2C[C@@](O)(C4)C3)n1. The summed E-state index contributed by atoms with van der Waals surface area (Å²) in [6.07, 6.45) is 9.00. The van der Waals surface area contributed by atoms with E-state index in [1.807, 2.05) is 18.5 Å². The predicted molar refractivity (Wildman–Crippen MR) is 99.8 cm³/mol. The Morgan fingerprint density at radius 2 is 2.07 bits per heavy atom. The zero-order valence-corrected chi connectivity index (χ0v) is 15.3. The zero-order valence-electron chi connectivity index (χ0n) is 15.3. The van der Waals surface area contributed by atoms with Crippen LogP contribution in [0.3, 0.4) is 0 Å². The molecular weight excluding hydrogens is 342 g/mol. The molecule has 4 aliphatic rings. The van der Waals surface area contributed by atoms with E-state index in [1.165, 1.54) is 17.6 Å². The summed E-state index contributed by atoms with van der Waals surface area (Å²) in [7, 11) is 1.77. The zero-order chi connectivity index (χ0) is 18.2. The van der Waals surface area contributed by atoms with E-state index in [0.717, 1.165) is 41.5 Å². The molecule has 5 atom stereocenters. The van der Waals surface area contributed by atoms with E-state index < -0.39 is 5.60 Å². The molecule has 3 aromatic heterocycles. The molecule has 8 nitrogen and oxygen atoms in total. The number of nitrogens with zero attached hydrogens (tertiary/aromatic N) is 5. The van der Waals surface area contributed by atoms with E-state index in [9.17, 15) is 5.11 Å². The molecular formula is C19H23N7O. The van der Waals surface area contributed by atoms with Crippen molar-refractivity contribution in [2.75, 3.05) is 5.32 Å². The third-order valence-corrected chi connectivity index (χ3v) is 6.89. The lowest BCUT2D eigenvalue weighted by Crippen LogP contribution is -2.59. The number of pyridine rings is 1. The van der Waals surface area contributed by atoms with Gasteiger partial charge in [-0.2, -0.15) is 4.80 Å². The minimum Gasteiger partial charge on any atom is -0.390 e. The van der Waals surface area contributed by atoms with Crippen LogP contribution in [0.2, 0.25) is 0 Å². The molecule has 1 unspecified atom stereocenters. The van der Waals surface area contributed by atoms with Crippen molar-refractivity contribution in [1.82, 2.24) is 30.2 Å². The molecule has 0 saturated heterocycles. The van der Waals surface area contributed by atoms with Crippen LogP contribution in [0.1, 0.15) is 32.1 Å². The molecule has 4 bridgehead atoms. The molecule has 3 aromatic rings. The lowest BCUT2D eigenvalue weighted by Gasteiger charge is -2.58. The highest BCUT2D eigenvalue weighted by Crippen LogP contribution is 2.56. The topological polar surface area (TPSA) is 105 Å². The van der Waals surface area contributed by atoms with Gasteiger partial charge in [-0.15, -0.1) is 10.2 Å². The molecule has 0 spiro atoms. The molecule has 0 aromatic carbocycles. The molecule has 8 heteroatoms. The number of H-pyrrole nitrogens is 1. The lowest BCUT2D eigenvalue weighted by molar-refractivity contribution is -0.129. The van der Waals surface area contributed by atoms with Crippen molar-refractivity contribution in [2.24, 2.45) is 24.8 Å². The molecule has 3 heterocycles. The number of aromatic nitrogens is 6. The maximum atomic E-state index is 10.9. The van der Waals surface area contributed by atoms with Crippen LogP contribution in [-0.4, -0.2) is 46.9 Å². The third-order valence-electron chi connectivity index (χ3n) is 6.89. The Morgan fingerprint density at radius 1 is 1.26 bits per heavy atom. The standard InChI is InChI=1S/C19H23N7O/c1-26-24-18(23-25-26)14-9-21-17-13(2-3-20-17)16(14)22-15-11-4-10-5-12(15)8-19(27,6-10)7-11/h2-3,9-12,15,27H,4-8H2,1H3,(H2,20,21,22)/t10?,11-,12+,15+,19-. The van der Waals surface area contributed by atoms with E-state index in [2.05, 4.69) is 30.7 Å². The van der Waals surface area contributed by atoms with Gasteiger partial charge in [0.25, 0.3) is 0 Å². The number of aryl methyl sites for hydroxylation is 1. The van der Waals surface area contributed by atoms with Crippen molar-refractivity contribution >= 4 is 16.7 Å². The molecule has 0 aliphatic heterocycles. The smallest absolute Gasteiger partial charge is 0.208 e. The molecule has 140 valence electrons. The quantitative estimate of drug-likeness (QED) is 0.657. The molecule has 27 heavy (non-hydrogen) atoms. The first-order valence-corrected chi connectivity index (χ1v) is 9.77. The summed E-state index contributed by atoms with van der Waals surface area (Å²) < 4.78 is 0. The fourth-order valence-corrected chi connectivity index (χ4v) is 6.11. The fraction of sp³-hybridized carbons (Fsp3) is 0.579. The average molecular weight is 365 g/mol. The molecule has 4 aliphatic carbocycles. The van der Waals surface area contributed by atoms with Crippen molar-refractivity contribution in [2.45, 2.75) is 43.7 Å². The molecule has 3 N–H and O–H groups in total. The van der Waals surface area contributed by atoms with Gasteiger partial charge in [-0.3, -0.25) is 0 Å². The first-order valence-electron chi connectivity index (χ1n) is 9.77. The van der Waals surface area contributed by atoms with E-state index in [0.29, 0.717) is 29.6 Å². The minimum absolute atomic E-state index is 0.373. The van der Waals surface area contributed by atoms with Crippen molar-refractivity contribution in [3.8, 4) is 11.4 Å². The van der Waals surface area contributed by atoms with Gasteiger partial charge in [-0.1, -0.05) is 0 Å². The number of fused-ring (bicyclic) bond motifs is 1. The van der Waals surface area contributed by atoms with E-state index in [-0.39, 0.29) is 0 Å². The highest BCUT2D eigenvalue weighted by Gasteiger charge is 2.54. The Balaban J connectivity index is 1.43. The maximum Gasteiger partial charge on any atom is 0.208 e. The average Bonchev–Trinajstić information content (AvgIpc) is 3.25. The molecule has 0 radical (unpaired) electrons. The number of aromatic amines is 1. The van der Waals surface area contributed by atoms with Crippen LogP contribution in [-0.2, 0) is 7.05 Å². The Bertz CT molecular complexity index is 1010. The Kier molecular flexibility index (Phi) is 3.05. The summed E-state index contributed by atoms with van der Waals surface area (Å²) in [6.45, 7) is 0. The maximum absolute atomic E-state index is 10.9. The van der Waals surface area contributed by atoms with E-state index in [4.69, 9.17) is 0 Å². The minimum atomic E-state index is -0.425. The summed E-state index contributed by atoms with van der Waals surface area (Å²) in [5.74, 6) is 2.31. The third kappa shape index (κ3) is 2.32. The van der Waals surface area contributed by atoms with Gasteiger partial charge in [-0.25, -0.2) is 4.98 Å². The summed E-state index contributed by atoms with van der Waals surface area (Å²) >= 11 is 0. The normalized spacial score (nSPS) is 34.4. The number of hydrogen-bond acceptors (Lipinski definition) is 6. The van der Waals surface area contributed by atoms with Crippen molar-refractivity contribution in [3.63, 3.8) is 0 Å². The highest BCUT2D eigenvalue weighted by molar-refractivity contribution is 5.97. The Labute approximate surface area is 156 Å². The first kappa shape index (κ1) is 15.6. The summed E-state index contributed by atoms with van der Waals surface area (Å²) in [5, 5.41) is 28.4. The molecule has 0 amide bonds. The van der Waals surface area contributed by atoms with Gasteiger partial charge in [0.05, 0.1) is 23.9 Å². The highest BCUT2D eigenvalue weighted by atomic mass is 16.3. The van der Waals surface area contributed by atoms with Crippen LogP contribution < -0.4 is 5.32 Å². The van der Waals surface area contributed by atoms with Gasteiger partial charge >= 0.3 is 0 Å². The summed E-state index contributed by atoms with van der Waals surface area (Å²) in [5.41, 5.74) is 2.33. The second kappa shape index (κ2) is 5.28. The van der Waals surface area contributed by atoms with Gasteiger partial charge < -0.3 is 15.4 Å². The number of aliphatic hydroxyl groups is 1. The fourth-order valence-electron chi connectivity index (χ4n) is 6.11.